The number of rotatable bonds is 2. The molecular formula is C14H14N4. The van der Waals surface area contributed by atoms with Gasteiger partial charge in [-0.25, -0.2) is 4.68 Å². The van der Waals surface area contributed by atoms with E-state index in [1.165, 1.54) is 0 Å². The van der Waals surface area contributed by atoms with Crippen molar-refractivity contribution >= 4 is 10.9 Å². The van der Waals surface area contributed by atoms with Crippen molar-refractivity contribution in [3.8, 4) is 5.69 Å². The van der Waals surface area contributed by atoms with Crippen LogP contribution >= 0.6 is 0 Å². The molecule has 3 aromatic rings. The van der Waals surface area contributed by atoms with Crippen molar-refractivity contribution in [2.24, 2.45) is 5.73 Å². The van der Waals surface area contributed by atoms with Crippen LogP contribution in [0.2, 0.25) is 0 Å². The van der Waals surface area contributed by atoms with Gasteiger partial charge < -0.3 is 5.73 Å². The maximum atomic E-state index is 5.98. The van der Waals surface area contributed by atoms with Crippen molar-refractivity contribution < 1.29 is 0 Å². The second-order valence-electron chi connectivity index (χ2n) is 4.31. The number of nitrogens with two attached hydrogens (primary N) is 1. The molecule has 4 nitrogen and oxygen atoms in total. The molecule has 2 heterocycles. The topological polar surface area (TPSA) is 56.7 Å². The first kappa shape index (κ1) is 10.9. The first-order chi connectivity index (χ1) is 8.77. The third-order valence-corrected chi connectivity index (χ3v) is 2.94. The quantitative estimate of drug-likeness (QED) is 0.746. The van der Waals surface area contributed by atoms with Crippen LogP contribution in [-0.2, 0) is 0 Å². The molecule has 0 aliphatic carbocycles. The third-order valence-electron chi connectivity index (χ3n) is 2.94. The Hall–Kier alpha value is -2.20. The zero-order valence-electron chi connectivity index (χ0n) is 10.1. The van der Waals surface area contributed by atoms with Crippen molar-refractivity contribution in [1.29, 1.82) is 0 Å². The van der Waals surface area contributed by atoms with Crippen LogP contribution in [0.5, 0.6) is 0 Å². The maximum Gasteiger partial charge on any atom is 0.0872 e. The summed E-state index contributed by atoms with van der Waals surface area (Å²) in [6, 6.07) is 11.9. The van der Waals surface area contributed by atoms with Gasteiger partial charge in [-0.2, -0.15) is 5.10 Å². The van der Waals surface area contributed by atoms with Crippen LogP contribution in [0.4, 0.5) is 0 Å². The van der Waals surface area contributed by atoms with Crippen LogP contribution in [0.3, 0.4) is 0 Å². The van der Waals surface area contributed by atoms with Gasteiger partial charge in [-0.3, -0.25) is 4.98 Å². The number of pyridine rings is 1. The van der Waals surface area contributed by atoms with E-state index in [1.54, 1.807) is 12.4 Å². The smallest absolute Gasteiger partial charge is 0.0872 e. The van der Waals surface area contributed by atoms with E-state index >= 15 is 0 Å². The summed E-state index contributed by atoms with van der Waals surface area (Å²) in [5.41, 5.74) is 8.89. The van der Waals surface area contributed by atoms with Gasteiger partial charge in [-0.15, -0.1) is 0 Å². The third kappa shape index (κ3) is 1.67. The number of fused-ring (bicyclic) bond motifs is 1. The zero-order chi connectivity index (χ0) is 12.5. The van der Waals surface area contributed by atoms with Crippen LogP contribution in [-0.4, -0.2) is 14.8 Å². The summed E-state index contributed by atoms with van der Waals surface area (Å²) in [4.78, 5) is 4.13. The van der Waals surface area contributed by atoms with E-state index in [0.717, 1.165) is 22.3 Å². The molecule has 1 atom stereocenters. The van der Waals surface area contributed by atoms with Crippen LogP contribution in [0.1, 0.15) is 18.7 Å². The summed E-state index contributed by atoms with van der Waals surface area (Å²) in [7, 11) is 0. The summed E-state index contributed by atoms with van der Waals surface area (Å²) >= 11 is 0. The molecule has 0 amide bonds. The molecule has 0 saturated carbocycles. The van der Waals surface area contributed by atoms with E-state index in [4.69, 9.17) is 5.73 Å². The molecule has 18 heavy (non-hydrogen) atoms. The number of para-hydroxylation sites is 1. The molecule has 2 N–H and O–H groups in total. The number of benzene rings is 1. The predicted octanol–water partition coefficient (Wildman–Crippen LogP) is 2.44. The normalized spacial score (nSPS) is 12.8. The minimum Gasteiger partial charge on any atom is -0.323 e. The molecule has 0 spiro atoms. The van der Waals surface area contributed by atoms with E-state index in [1.807, 2.05) is 48.0 Å². The molecule has 0 saturated heterocycles. The van der Waals surface area contributed by atoms with Crippen LogP contribution in [0.15, 0.2) is 48.8 Å². The molecule has 1 aromatic carbocycles. The summed E-state index contributed by atoms with van der Waals surface area (Å²) < 4.78 is 1.89. The maximum absolute atomic E-state index is 5.98. The van der Waals surface area contributed by atoms with Gasteiger partial charge >= 0.3 is 0 Å². The molecule has 0 bridgehead atoms. The Balaban J connectivity index is 2.31. The SMILES string of the molecule is C[C@H](N)c1nn(-c2cccnc2)c2ccccc12. The van der Waals surface area contributed by atoms with Crippen molar-refractivity contribution in [3.63, 3.8) is 0 Å². The van der Waals surface area contributed by atoms with E-state index in [-0.39, 0.29) is 6.04 Å². The molecule has 4 heteroatoms. The van der Waals surface area contributed by atoms with E-state index in [0.29, 0.717) is 0 Å². The predicted molar refractivity (Wildman–Crippen MR) is 71.5 cm³/mol. The van der Waals surface area contributed by atoms with Crippen LogP contribution in [0.25, 0.3) is 16.6 Å². The number of hydrogen-bond acceptors (Lipinski definition) is 3. The highest BCUT2D eigenvalue weighted by molar-refractivity contribution is 5.83. The molecule has 0 fully saturated rings. The fourth-order valence-electron chi connectivity index (χ4n) is 2.10. The largest absolute Gasteiger partial charge is 0.323 e. The lowest BCUT2D eigenvalue weighted by atomic mass is 10.1. The summed E-state index contributed by atoms with van der Waals surface area (Å²) in [6.45, 7) is 1.95. The fourth-order valence-corrected chi connectivity index (χ4v) is 2.10. The minimum atomic E-state index is -0.0900. The Morgan fingerprint density at radius 3 is 2.72 bits per heavy atom. The van der Waals surface area contributed by atoms with Crippen molar-refractivity contribution in [1.82, 2.24) is 14.8 Å². The molecule has 0 aliphatic heterocycles. The first-order valence-corrected chi connectivity index (χ1v) is 5.91. The van der Waals surface area contributed by atoms with Crippen LogP contribution < -0.4 is 5.73 Å². The van der Waals surface area contributed by atoms with Gasteiger partial charge in [0.25, 0.3) is 0 Å². The molecule has 90 valence electrons. The van der Waals surface area contributed by atoms with Crippen molar-refractivity contribution in [3.05, 3.63) is 54.5 Å². The minimum absolute atomic E-state index is 0.0900. The van der Waals surface area contributed by atoms with Gasteiger partial charge in [0.2, 0.25) is 0 Å². The second-order valence-corrected chi connectivity index (χ2v) is 4.31. The monoisotopic (exact) mass is 238 g/mol. The molecule has 0 radical (unpaired) electrons. The highest BCUT2D eigenvalue weighted by Gasteiger charge is 2.13. The Morgan fingerprint density at radius 2 is 2.00 bits per heavy atom. The second kappa shape index (κ2) is 4.23. The van der Waals surface area contributed by atoms with Crippen molar-refractivity contribution in [2.45, 2.75) is 13.0 Å². The van der Waals surface area contributed by atoms with Gasteiger partial charge in [0.1, 0.15) is 0 Å². The molecule has 0 unspecified atom stereocenters. The highest BCUT2D eigenvalue weighted by atomic mass is 15.3. The van der Waals surface area contributed by atoms with Gasteiger partial charge in [0.05, 0.1) is 23.1 Å². The lowest BCUT2D eigenvalue weighted by Gasteiger charge is -2.01. The zero-order valence-corrected chi connectivity index (χ0v) is 10.1. The summed E-state index contributed by atoms with van der Waals surface area (Å²) in [5, 5.41) is 5.70. The number of hydrogen-bond donors (Lipinski definition) is 1. The average Bonchev–Trinajstić information content (AvgIpc) is 2.79. The van der Waals surface area contributed by atoms with Gasteiger partial charge in [0.15, 0.2) is 0 Å². The molecule has 0 aliphatic rings. The summed E-state index contributed by atoms with van der Waals surface area (Å²) in [5.74, 6) is 0. The van der Waals surface area contributed by atoms with Gasteiger partial charge in [-0.1, -0.05) is 18.2 Å². The van der Waals surface area contributed by atoms with Crippen molar-refractivity contribution in [2.75, 3.05) is 0 Å². The van der Waals surface area contributed by atoms with Crippen LogP contribution in [0, 0.1) is 0 Å². The fraction of sp³-hybridized carbons (Fsp3) is 0.143. The highest BCUT2D eigenvalue weighted by Crippen LogP contribution is 2.24. The number of nitrogens with zero attached hydrogens (tertiary/aromatic N) is 3. The van der Waals surface area contributed by atoms with E-state index in [9.17, 15) is 0 Å². The Labute approximate surface area is 105 Å². The van der Waals surface area contributed by atoms with E-state index in [2.05, 4.69) is 10.1 Å². The lowest BCUT2D eigenvalue weighted by Crippen LogP contribution is -2.07. The molecular weight excluding hydrogens is 224 g/mol. The molecule has 2 aromatic heterocycles. The Morgan fingerprint density at radius 1 is 1.17 bits per heavy atom. The van der Waals surface area contributed by atoms with Gasteiger partial charge in [-0.05, 0) is 25.1 Å². The first-order valence-electron chi connectivity index (χ1n) is 5.91. The standard InChI is InChI=1S/C14H14N4/c1-10(15)14-12-6-2-3-7-13(12)18(17-14)11-5-4-8-16-9-11/h2-10H,15H2,1H3/t10-/m0/s1. The Kier molecular flexibility index (Phi) is 2.57. The Bertz CT molecular complexity index is 671. The lowest BCUT2D eigenvalue weighted by molar-refractivity contribution is 0.750. The van der Waals surface area contributed by atoms with Gasteiger partial charge in [0, 0.05) is 17.6 Å². The average molecular weight is 238 g/mol. The molecule has 3 rings (SSSR count). The number of aromatic nitrogens is 3. The van der Waals surface area contributed by atoms with E-state index < -0.39 is 0 Å². The summed E-state index contributed by atoms with van der Waals surface area (Å²) in [6.07, 6.45) is 3.55.